The molecule has 1 fully saturated rings. The first kappa shape index (κ1) is 21.1. The number of thioether (sulfide) groups is 1. The van der Waals surface area contributed by atoms with Crippen LogP contribution in [0.4, 0.5) is 4.39 Å². The molecule has 0 bridgehead atoms. The van der Waals surface area contributed by atoms with Gasteiger partial charge in [0.15, 0.2) is 0 Å². The van der Waals surface area contributed by atoms with Gasteiger partial charge in [0.25, 0.3) is 0 Å². The van der Waals surface area contributed by atoms with E-state index >= 15 is 0 Å². The number of carbonyl (C=O) groups is 2. The lowest BCUT2D eigenvalue weighted by atomic mass is 10.1. The topological polar surface area (TPSA) is 76.0 Å². The molecule has 6 nitrogen and oxygen atoms in total. The van der Waals surface area contributed by atoms with Gasteiger partial charge in [0.05, 0.1) is 11.8 Å². The highest BCUT2D eigenvalue weighted by molar-refractivity contribution is 8.00. The van der Waals surface area contributed by atoms with E-state index in [1.165, 1.54) is 17.8 Å². The molecule has 1 saturated heterocycles. The average molecular weight is 439 g/mol. The van der Waals surface area contributed by atoms with E-state index in [9.17, 15) is 14.0 Å². The molecule has 2 aromatic carbocycles. The number of nitrogens with zero attached hydrogens (tertiary/aromatic N) is 2. The lowest BCUT2D eigenvalue weighted by molar-refractivity contribution is -0.128. The number of nitrogens with one attached hydrogen (secondary N) is 2. The maximum absolute atomic E-state index is 13.8. The molecule has 0 spiro atoms. The van der Waals surface area contributed by atoms with Crippen molar-refractivity contribution in [3.63, 3.8) is 0 Å². The Kier molecular flexibility index (Phi) is 6.66. The van der Waals surface area contributed by atoms with E-state index in [0.29, 0.717) is 30.8 Å². The van der Waals surface area contributed by atoms with Crippen molar-refractivity contribution >= 4 is 23.6 Å². The molecule has 1 aliphatic heterocycles. The van der Waals surface area contributed by atoms with E-state index in [4.69, 9.17) is 0 Å². The number of halogens is 1. The summed E-state index contributed by atoms with van der Waals surface area (Å²) in [6, 6.07) is 15.7. The largest absolute Gasteiger partial charge is 0.350 e. The molecule has 1 aliphatic rings. The fourth-order valence-corrected chi connectivity index (χ4v) is 4.58. The summed E-state index contributed by atoms with van der Waals surface area (Å²) in [4.78, 5) is 24.9. The molecule has 2 atom stereocenters. The minimum absolute atomic E-state index is 0.217. The Bertz CT molecular complexity index is 1040. The molecule has 0 unspecified atom stereocenters. The number of aromatic nitrogens is 2. The quantitative estimate of drug-likeness (QED) is 0.595. The summed E-state index contributed by atoms with van der Waals surface area (Å²) >= 11 is 1.39. The van der Waals surface area contributed by atoms with Crippen molar-refractivity contribution in [2.24, 2.45) is 0 Å². The van der Waals surface area contributed by atoms with Gasteiger partial charge in [-0.1, -0.05) is 42.5 Å². The molecular weight excluding hydrogens is 415 g/mol. The lowest BCUT2D eigenvalue weighted by Crippen LogP contribution is -2.54. The van der Waals surface area contributed by atoms with Crippen LogP contribution in [0.15, 0.2) is 67.0 Å². The predicted octanol–water partition coefficient (Wildman–Crippen LogP) is 2.53. The summed E-state index contributed by atoms with van der Waals surface area (Å²) in [5, 5.41) is 9.44. The average Bonchev–Trinajstić information content (AvgIpc) is 3.29. The Labute approximate surface area is 184 Å². The standard InChI is InChI=1S/C23H23FN4O2S/c24-19-5-2-1-4-18(19)12-21-23(30)27-20(15-31-21)22(29)25-13-16-6-8-17(9-7-16)14-28-11-3-10-26-28/h1-11,20-21H,12-15H2,(H,25,29)(H,27,30)/t20-,21+/m0/s1. The molecule has 0 aliphatic carbocycles. The number of hydrogen-bond donors (Lipinski definition) is 2. The predicted molar refractivity (Wildman–Crippen MR) is 118 cm³/mol. The van der Waals surface area contributed by atoms with E-state index in [1.54, 1.807) is 24.4 Å². The molecule has 4 rings (SSSR count). The number of benzene rings is 2. The Balaban J connectivity index is 1.25. The molecule has 8 heteroatoms. The lowest BCUT2D eigenvalue weighted by Gasteiger charge is -2.28. The smallest absolute Gasteiger partial charge is 0.243 e. The van der Waals surface area contributed by atoms with Crippen molar-refractivity contribution in [1.82, 2.24) is 20.4 Å². The fourth-order valence-electron chi connectivity index (χ4n) is 3.41. The van der Waals surface area contributed by atoms with Gasteiger partial charge in [0.2, 0.25) is 11.8 Å². The van der Waals surface area contributed by atoms with E-state index in [2.05, 4.69) is 15.7 Å². The Morgan fingerprint density at radius 3 is 2.65 bits per heavy atom. The Morgan fingerprint density at radius 1 is 1.16 bits per heavy atom. The third-order valence-electron chi connectivity index (χ3n) is 5.15. The van der Waals surface area contributed by atoms with Gasteiger partial charge in [-0.25, -0.2) is 4.39 Å². The summed E-state index contributed by atoms with van der Waals surface area (Å²) in [7, 11) is 0. The molecule has 2 heterocycles. The molecule has 0 radical (unpaired) electrons. The van der Waals surface area contributed by atoms with Gasteiger partial charge in [0.1, 0.15) is 11.9 Å². The van der Waals surface area contributed by atoms with E-state index in [-0.39, 0.29) is 17.6 Å². The molecule has 160 valence electrons. The van der Waals surface area contributed by atoms with Crippen LogP contribution in [0.5, 0.6) is 0 Å². The molecule has 2 amide bonds. The van der Waals surface area contributed by atoms with E-state index in [1.807, 2.05) is 41.2 Å². The number of rotatable bonds is 7. The number of carbonyl (C=O) groups excluding carboxylic acids is 2. The van der Waals surface area contributed by atoms with Crippen LogP contribution in [0.3, 0.4) is 0 Å². The van der Waals surface area contributed by atoms with Crippen molar-refractivity contribution in [2.75, 3.05) is 5.75 Å². The summed E-state index contributed by atoms with van der Waals surface area (Å²) < 4.78 is 15.7. The van der Waals surface area contributed by atoms with Gasteiger partial charge in [-0.05, 0) is 35.2 Å². The Hall–Kier alpha value is -3.13. The van der Waals surface area contributed by atoms with Crippen molar-refractivity contribution < 1.29 is 14.0 Å². The van der Waals surface area contributed by atoms with Gasteiger partial charge < -0.3 is 10.6 Å². The minimum atomic E-state index is -0.589. The van der Waals surface area contributed by atoms with Crippen LogP contribution in [0.1, 0.15) is 16.7 Å². The van der Waals surface area contributed by atoms with Crippen LogP contribution in [0.2, 0.25) is 0 Å². The highest BCUT2D eigenvalue weighted by Crippen LogP contribution is 2.23. The second kappa shape index (κ2) is 9.78. The second-order valence-corrected chi connectivity index (χ2v) is 8.65. The zero-order valence-electron chi connectivity index (χ0n) is 16.8. The van der Waals surface area contributed by atoms with Gasteiger partial charge >= 0.3 is 0 Å². The van der Waals surface area contributed by atoms with Crippen molar-refractivity contribution in [3.05, 3.63) is 89.5 Å². The molecule has 31 heavy (non-hydrogen) atoms. The maximum Gasteiger partial charge on any atom is 0.243 e. The van der Waals surface area contributed by atoms with Gasteiger partial charge in [0, 0.05) is 24.7 Å². The first-order chi connectivity index (χ1) is 15.1. The zero-order chi connectivity index (χ0) is 21.6. The summed E-state index contributed by atoms with van der Waals surface area (Å²) in [6.07, 6.45) is 3.96. The Morgan fingerprint density at radius 2 is 1.94 bits per heavy atom. The third-order valence-corrected chi connectivity index (χ3v) is 6.46. The van der Waals surface area contributed by atoms with E-state index < -0.39 is 11.3 Å². The van der Waals surface area contributed by atoms with Crippen LogP contribution >= 0.6 is 11.8 Å². The monoisotopic (exact) mass is 438 g/mol. The van der Waals surface area contributed by atoms with Crippen molar-refractivity contribution in [3.8, 4) is 0 Å². The highest BCUT2D eigenvalue weighted by Gasteiger charge is 2.32. The molecular formula is C23H23FN4O2S. The first-order valence-electron chi connectivity index (χ1n) is 10.1. The summed E-state index contributed by atoms with van der Waals surface area (Å²) in [5.74, 6) is -0.306. The summed E-state index contributed by atoms with van der Waals surface area (Å²) in [5.41, 5.74) is 2.61. The fraction of sp³-hybridized carbons (Fsp3) is 0.261. The molecule has 2 N–H and O–H groups in total. The third kappa shape index (κ3) is 5.52. The van der Waals surface area contributed by atoms with Crippen LogP contribution in [-0.2, 0) is 29.1 Å². The molecule has 3 aromatic rings. The van der Waals surface area contributed by atoms with Crippen molar-refractivity contribution in [1.29, 1.82) is 0 Å². The van der Waals surface area contributed by atoms with Crippen LogP contribution in [-0.4, -0.2) is 38.6 Å². The summed E-state index contributed by atoms with van der Waals surface area (Å²) in [6.45, 7) is 1.08. The number of hydrogen-bond acceptors (Lipinski definition) is 4. The zero-order valence-corrected chi connectivity index (χ0v) is 17.6. The minimum Gasteiger partial charge on any atom is -0.350 e. The van der Waals surface area contributed by atoms with Crippen molar-refractivity contribution in [2.45, 2.75) is 30.8 Å². The highest BCUT2D eigenvalue weighted by atomic mass is 32.2. The first-order valence-corrected chi connectivity index (χ1v) is 11.1. The normalized spacial score (nSPS) is 18.4. The molecule has 0 saturated carbocycles. The molecule has 1 aromatic heterocycles. The second-order valence-electron chi connectivity index (χ2n) is 7.42. The van der Waals surface area contributed by atoms with Crippen LogP contribution in [0, 0.1) is 5.82 Å². The SMILES string of the molecule is O=C(NCc1ccc(Cn2cccn2)cc1)[C@@H]1CS[C@H](Cc2ccccc2F)C(=O)N1. The van der Waals surface area contributed by atoms with Gasteiger partial charge in [-0.2, -0.15) is 5.10 Å². The number of amides is 2. The van der Waals surface area contributed by atoms with Gasteiger partial charge in [-0.3, -0.25) is 14.3 Å². The van der Waals surface area contributed by atoms with Crippen LogP contribution in [0.25, 0.3) is 0 Å². The van der Waals surface area contributed by atoms with E-state index in [0.717, 1.165) is 11.1 Å². The van der Waals surface area contributed by atoms with Crippen LogP contribution < -0.4 is 10.6 Å². The maximum atomic E-state index is 13.8. The van der Waals surface area contributed by atoms with Gasteiger partial charge in [-0.15, -0.1) is 11.8 Å².